The highest BCUT2D eigenvalue weighted by Gasteiger charge is 2.09. The fourth-order valence-electron chi connectivity index (χ4n) is 3.41. The van der Waals surface area contributed by atoms with Gasteiger partial charge in [0.1, 0.15) is 0 Å². The topological polar surface area (TPSA) is 29.6 Å². The van der Waals surface area contributed by atoms with Gasteiger partial charge in [-0.3, -0.25) is 0 Å². The number of rotatable bonds is 4. The summed E-state index contributed by atoms with van der Waals surface area (Å²) in [7, 11) is 0. The van der Waals surface area contributed by atoms with Crippen molar-refractivity contribution in [2.45, 2.75) is 26.9 Å². The second kappa shape index (κ2) is 6.52. The summed E-state index contributed by atoms with van der Waals surface area (Å²) in [5.74, 6) is 0. The van der Waals surface area contributed by atoms with Gasteiger partial charge in [-0.25, -0.2) is 0 Å². The second-order valence-corrected chi connectivity index (χ2v) is 6.30. The van der Waals surface area contributed by atoms with Crippen molar-refractivity contribution in [3.05, 3.63) is 77.9 Å². The van der Waals surface area contributed by atoms with E-state index in [4.69, 9.17) is 0 Å². The second-order valence-electron chi connectivity index (χ2n) is 6.30. The smallest absolute Gasteiger partial charge is 0.0881 e. The third-order valence-corrected chi connectivity index (χ3v) is 4.70. The maximum Gasteiger partial charge on any atom is 0.0881 e. The van der Waals surface area contributed by atoms with E-state index in [1.807, 2.05) is 18.2 Å². The lowest BCUT2D eigenvalue weighted by Crippen LogP contribution is -1.92. The molecule has 1 heterocycles. The van der Waals surface area contributed by atoms with Crippen LogP contribution in [0.3, 0.4) is 0 Å². The van der Waals surface area contributed by atoms with Crippen molar-refractivity contribution in [3.63, 3.8) is 0 Å². The Bertz CT molecular complexity index is 1070. The molecule has 0 aliphatic heterocycles. The highest BCUT2D eigenvalue weighted by molar-refractivity contribution is 6.08. The molecular weight excluding hydrogens is 306 g/mol. The Balaban J connectivity index is 1.70. The molecule has 4 aromatic rings. The largest absolute Gasteiger partial charge is 0.341 e. The third-order valence-electron chi connectivity index (χ3n) is 4.70. The van der Waals surface area contributed by atoms with Gasteiger partial charge in [0.05, 0.1) is 12.2 Å². The fraction of sp³-hybridized carbons (Fsp3) is 0.182. The predicted molar refractivity (Wildman–Crippen MR) is 105 cm³/mol. The predicted octanol–water partition coefficient (Wildman–Crippen LogP) is 6.41. The fourth-order valence-corrected chi connectivity index (χ4v) is 3.41. The van der Waals surface area contributed by atoms with Gasteiger partial charge in [-0.2, -0.15) is 10.2 Å². The van der Waals surface area contributed by atoms with Crippen LogP contribution in [-0.4, -0.2) is 4.57 Å². The first-order valence-corrected chi connectivity index (χ1v) is 8.71. The molecule has 0 fully saturated rings. The lowest BCUT2D eigenvalue weighted by atomic mass is 10.1. The van der Waals surface area contributed by atoms with Crippen LogP contribution in [0.25, 0.3) is 21.8 Å². The molecule has 0 N–H and O–H groups in total. The normalized spacial score (nSPS) is 11.8. The summed E-state index contributed by atoms with van der Waals surface area (Å²) >= 11 is 0. The van der Waals surface area contributed by atoms with E-state index < -0.39 is 0 Å². The molecule has 0 radical (unpaired) electrons. The van der Waals surface area contributed by atoms with Gasteiger partial charge >= 0.3 is 0 Å². The minimum Gasteiger partial charge on any atom is -0.341 e. The molecule has 0 amide bonds. The number of aryl methyl sites for hydroxylation is 2. The van der Waals surface area contributed by atoms with E-state index in [0.717, 1.165) is 17.8 Å². The van der Waals surface area contributed by atoms with Crippen LogP contribution in [-0.2, 0) is 13.1 Å². The Labute approximate surface area is 147 Å². The van der Waals surface area contributed by atoms with Crippen LogP contribution in [0.4, 0.5) is 5.69 Å². The average Bonchev–Trinajstić information content (AvgIpc) is 2.96. The zero-order valence-corrected chi connectivity index (χ0v) is 14.6. The van der Waals surface area contributed by atoms with E-state index in [1.54, 1.807) is 0 Å². The molecule has 0 unspecified atom stereocenters. The number of para-hydroxylation sites is 1. The maximum atomic E-state index is 4.40. The van der Waals surface area contributed by atoms with Crippen molar-refractivity contribution in [2.24, 2.45) is 10.2 Å². The Morgan fingerprint density at radius 2 is 1.60 bits per heavy atom. The first-order chi connectivity index (χ1) is 12.3. The number of hydrogen-bond donors (Lipinski definition) is 0. The summed E-state index contributed by atoms with van der Waals surface area (Å²) in [4.78, 5) is 0. The Kier molecular flexibility index (Phi) is 4.06. The van der Waals surface area contributed by atoms with E-state index in [2.05, 4.69) is 77.2 Å². The van der Waals surface area contributed by atoms with E-state index in [1.165, 1.54) is 27.4 Å². The Hall–Kier alpha value is -2.94. The average molecular weight is 327 g/mol. The van der Waals surface area contributed by atoms with Crippen LogP contribution in [0.1, 0.15) is 18.1 Å². The lowest BCUT2D eigenvalue weighted by molar-refractivity contribution is 0.827. The summed E-state index contributed by atoms with van der Waals surface area (Å²) in [5, 5.41) is 11.4. The van der Waals surface area contributed by atoms with Crippen molar-refractivity contribution >= 4 is 27.5 Å². The SMILES string of the molecule is CCn1c2ccccc2c2cc(CN=Nc3ccccc3C)ccc21. The molecule has 4 rings (SSSR count). The molecule has 0 aliphatic rings. The number of aromatic nitrogens is 1. The summed E-state index contributed by atoms with van der Waals surface area (Å²) in [6.45, 7) is 5.81. The Morgan fingerprint density at radius 3 is 2.44 bits per heavy atom. The van der Waals surface area contributed by atoms with Gasteiger partial charge in [0.15, 0.2) is 0 Å². The van der Waals surface area contributed by atoms with Crippen LogP contribution in [0, 0.1) is 6.92 Å². The standard InChI is InChI=1S/C22H21N3/c1-3-25-21-11-7-5-9-18(21)19-14-17(12-13-22(19)25)15-23-24-20-10-6-4-8-16(20)2/h4-14H,3,15H2,1-2H3. The number of nitrogens with zero attached hydrogens (tertiary/aromatic N) is 3. The van der Waals surface area contributed by atoms with Crippen molar-refractivity contribution in [2.75, 3.05) is 0 Å². The molecule has 0 aliphatic carbocycles. The van der Waals surface area contributed by atoms with E-state index >= 15 is 0 Å². The molecule has 0 atom stereocenters. The van der Waals surface area contributed by atoms with Crippen LogP contribution < -0.4 is 0 Å². The Morgan fingerprint density at radius 1 is 0.840 bits per heavy atom. The molecule has 25 heavy (non-hydrogen) atoms. The lowest BCUT2D eigenvalue weighted by Gasteiger charge is -2.03. The maximum absolute atomic E-state index is 4.40. The molecule has 0 saturated carbocycles. The number of hydrogen-bond acceptors (Lipinski definition) is 2. The van der Waals surface area contributed by atoms with Crippen molar-refractivity contribution < 1.29 is 0 Å². The van der Waals surface area contributed by atoms with Gasteiger partial charge in [0.2, 0.25) is 0 Å². The van der Waals surface area contributed by atoms with Gasteiger partial charge < -0.3 is 4.57 Å². The summed E-state index contributed by atoms with van der Waals surface area (Å²) < 4.78 is 2.36. The zero-order valence-electron chi connectivity index (χ0n) is 14.6. The monoisotopic (exact) mass is 327 g/mol. The van der Waals surface area contributed by atoms with E-state index in [0.29, 0.717) is 6.54 Å². The quantitative estimate of drug-likeness (QED) is 0.388. The molecule has 3 heteroatoms. The first-order valence-electron chi connectivity index (χ1n) is 8.71. The molecular formula is C22H21N3. The van der Waals surface area contributed by atoms with Gasteiger partial charge in [0, 0.05) is 28.4 Å². The summed E-state index contributed by atoms with van der Waals surface area (Å²) in [6, 6.07) is 23.3. The minimum atomic E-state index is 0.593. The van der Waals surface area contributed by atoms with Crippen LogP contribution in [0.5, 0.6) is 0 Å². The minimum absolute atomic E-state index is 0.593. The highest BCUT2D eigenvalue weighted by atomic mass is 15.1. The first kappa shape index (κ1) is 15.6. The molecule has 0 saturated heterocycles. The van der Waals surface area contributed by atoms with Crippen LogP contribution >= 0.6 is 0 Å². The summed E-state index contributed by atoms with van der Waals surface area (Å²) in [6.07, 6.45) is 0. The van der Waals surface area contributed by atoms with E-state index in [9.17, 15) is 0 Å². The van der Waals surface area contributed by atoms with Gasteiger partial charge in [-0.05, 0) is 49.2 Å². The van der Waals surface area contributed by atoms with Gasteiger partial charge in [0.25, 0.3) is 0 Å². The number of benzene rings is 3. The number of azo groups is 1. The van der Waals surface area contributed by atoms with Crippen LogP contribution in [0.15, 0.2) is 77.0 Å². The van der Waals surface area contributed by atoms with Gasteiger partial charge in [-0.1, -0.05) is 42.5 Å². The molecule has 0 bridgehead atoms. The van der Waals surface area contributed by atoms with Crippen LogP contribution in [0.2, 0.25) is 0 Å². The van der Waals surface area contributed by atoms with E-state index in [-0.39, 0.29) is 0 Å². The number of fused-ring (bicyclic) bond motifs is 3. The van der Waals surface area contributed by atoms with Crippen molar-refractivity contribution in [1.82, 2.24) is 4.57 Å². The highest BCUT2D eigenvalue weighted by Crippen LogP contribution is 2.30. The molecule has 3 nitrogen and oxygen atoms in total. The third kappa shape index (κ3) is 2.82. The molecule has 124 valence electrons. The summed E-state index contributed by atoms with van der Waals surface area (Å²) in [5.41, 5.74) is 5.84. The molecule has 3 aromatic carbocycles. The zero-order chi connectivity index (χ0) is 17.2. The molecule has 0 spiro atoms. The van der Waals surface area contributed by atoms with Crippen molar-refractivity contribution in [1.29, 1.82) is 0 Å². The van der Waals surface area contributed by atoms with Gasteiger partial charge in [-0.15, -0.1) is 0 Å². The van der Waals surface area contributed by atoms with Crippen molar-refractivity contribution in [3.8, 4) is 0 Å². The molecule has 1 aromatic heterocycles.